The topological polar surface area (TPSA) is 81.5 Å². The van der Waals surface area contributed by atoms with Gasteiger partial charge < -0.3 is 10.1 Å². The second kappa shape index (κ2) is 7.04. The molecule has 0 aliphatic rings. The number of amides is 1. The van der Waals surface area contributed by atoms with E-state index < -0.39 is 10.8 Å². The van der Waals surface area contributed by atoms with E-state index in [1.54, 1.807) is 37.3 Å². The third-order valence-electron chi connectivity index (χ3n) is 2.80. The van der Waals surface area contributed by atoms with Crippen molar-refractivity contribution < 1.29 is 14.5 Å². The Morgan fingerprint density at radius 1 is 1.27 bits per heavy atom. The van der Waals surface area contributed by atoms with E-state index in [9.17, 15) is 14.9 Å². The molecule has 0 atom stereocenters. The molecule has 1 N–H and O–H groups in total. The van der Waals surface area contributed by atoms with Crippen LogP contribution in [0.1, 0.15) is 5.56 Å². The van der Waals surface area contributed by atoms with E-state index in [2.05, 4.69) is 21.2 Å². The van der Waals surface area contributed by atoms with Crippen LogP contribution in [0.2, 0.25) is 0 Å². The summed E-state index contributed by atoms with van der Waals surface area (Å²) in [6.45, 7) is 1.48. The van der Waals surface area contributed by atoms with Crippen molar-refractivity contribution in [3.8, 4) is 5.75 Å². The summed E-state index contributed by atoms with van der Waals surface area (Å²) in [5.41, 5.74) is 1.27. The van der Waals surface area contributed by atoms with Gasteiger partial charge in [-0.1, -0.05) is 22.0 Å². The normalized spacial score (nSPS) is 10.1. The average Bonchev–Trinajstić information content (AvgIpc) is 2.47. The van der Waals surface area contributed by atoms with Crippen LogP contribution in [0.15, 0.2) is 46.9 Å². The van der Waals surface area contributed by atoms with E-state index in [1.165, 1.54) is 12.1 Å². The zero-order valence-electron chi connectivity index (χ0n) is 11.7. The summed E-state index contributed by atoms with van der Waals surface area (Å²) < 4.78 is 6.17. The standard InChI is InChI=1S/C15H13BrN2O4/c1-10-2-7-13(18(20)21)14(8-10)22-9-15(19)17-12-5-3-11(16)4-6-12/h2-8H,9H2,1H3,(H,17,19). The minimum atomic E-state index is -0.540. The molecule has 1 amide bonds. The summed E-state index contributed by atoms with van der Waals surface area (Å²) in [5, 5.41) is 13.6. The fourth-order valence-corrected chi connectivity index (χ4v) is 2.03. The number of rotatable bonds is 5. The number of aryl methyl sites for hydroxylation is 1. The summed E-state index contributed by atoms with van der Waals surface area (Å²) in [5.74, 6) is -0.311. The van der Waals surface area contributed by atoms with Crippen LogP contribution in [0.3, 0.4) is 0 Å². The molecule has 0 aromatic heterocycles. The molecule has 0 aliphatic heterocycles. The minimum absolute atomic E-state index is 0.0796. The molecule has 0 aliphatic carbocycles. The van der Waals surface area contributed by atoms with Gasteiger partial charge >= 0.3 is 5.69 Å². The lowest BCUT2D eigenvalue weighted by Gasteiger charge is -2.08. The average molecular weight is 365 g/mol. The Morgan fingerprint density at radius 3 is 2.59 bits per heavy atom. The van der Waals surface area contributed by atoms with Crippen molar-refractivity contribution in [3.05, 3.63) is 62.6 Å². The van der Waals surface area contributed by atoms with E-state index in [0.717, 1.165) is 10.0 Å². The van der Waals surface area contributed by atoms with Crippen LogP contribution in [0, 0.1) is 17.0 Å². The zero-order valence-corrected chi connectivity index (χ0v) is 13.3. The summed E-state index contributed by atoms with van der Waals surface area (Å²) >= 11 is 3.30. The van der Waals surface area contributed by atoms with Crippen molar-refractivity contribution in [2.45, 2.75) is 6.92 Å². The number of ether oxygens (including phenoxy) is 1. The first-order valence-corrected chi connectivity index (χ1v) is 7.18. The highest BCUT2D eigenvalue weighted by Gasteiger charge is 2.16. The minimum Gasteiger partial charge on any atom is -0.477 e. The second-order valence-electron chi connectivity index (χ2n) is 4.57. The molecule has 0 heterocycles. The van der Waals surface area contributed by atoms with E-state index in [4.69, 9.17) is 4.74 Å². The molecule has 0 radical (unpaired) electrons. The molecule has 0 saturated carbocycles. The quantitative estimate of drug-likeness (QED) is 0.647. The first-order valence-electron chi connectivity index (χ1n) is 6.39. The van der Waals surface area contributed by atoms with Crippen molar-refractivity contribution in [2.24, 2.45) is 0 Å². The molecule has 114 valence electrons. The van der Waals surface area contributed by atoms with Gasteiger partial charge in [0, 0.05) is 16.2 Å². The molecule has 6 nitrogen and oxygen atoms in total. The molecule has 7 heteroatoms. The van der Waals surface area contributed by atoms with Gasteiger partial charge in [-0.2, -0.15) is 0 Å². The predicted octanol–water partition coefficient (Wildman–Crippen LogP) is 3.68. The van der Waals surface area contributed by atoms with Gasteiger partial charge in [-0.15, -0.1) is 0 Å². The van der Waals surface area contributed by atoms with Crippen LogP contribution < -0.4 is 10.1 Å². The second-order valence-corrected chi connectivity index (χ2v) is 5.49. The Bertz CT molecular complexity index is 701. The summed E-state index contributed by atoms with van der Waals surface area (Å²) in [6.07, 6.45) is 0. The van der Waals surface area contributed by atoms with Gasteiger partial charge in [-0.25, -0.2) is 0 Å². The Balaban J connectivity index is 2.00. The molecular weight excluding hydrogens is 352 g/mol. The van der Waals surface area contributed by atoms with Gasteiger partial charge in [0.2, 0.25) is 0 Å². The molecule has 2 rings (SSSR count). The zero-order chi connectivity index (χ0) is 16.1. The molecule has 0 bridgehead atoms. The molecule has 2 aromatic carbocycles. The van der Waals surface area contributed by atoms with Gasteiger partial charge in [-0.05, 0) is 42.8 Å². The molecule has 0 fully saturated rings. The fraction of sp³-hybridized carbons (Fsp3) is 0.133. The number of nitro groups is 1. The van der Waals surface area contributed by atoms with E-state index in [1.807, 2.05) is 0 Å². The Hall–Kier alpha value is -2.41. The number of carbonyl (C=O) groups is 1. The first kappa shape index (κ1) is 16.0. The molecule has 0 unspecified atom stereocenters. The number of nitro benzene ring substituents is 1. The Morgan fingerprint density at radius 2 is 1.95 bits per heavy atom. The third kappa shape index (κ3) is 4.29. The number of hydrogen-bond acceptors (Lipinski definition) is 4. The van der Waals surface area contributed by atoms with Crippen LogP contribution in [0.5, 0.6) is 5.75 Å². The van der Waals surface area contributed by atoms with Crippen molar-refractivity contribution in [1.29, 1.82) is 0 Å². The number of hydrogen-bond donors (Lipinski definition) is 1. The van der Waals surface area contributed by atoms with Gasteiger partial charge in [0.25, 0.3) is 5.91 Å². The number of nitrogens with zero attached hydrogens (tertiary/aromatic N) is 1. The lowest BCUT2D eigenvalue weighted by Crippen LogP contribution is -2.20. The Kier molecular flexibility index (Phi) is 5.11. The van der Waals surface area contributed by atoms with Crippen LogP contribution in [0.25, 0.3) is 0 Å². The first-order chi connectivity index (χ1) is 10.5. The maximum Gasteiger partial charge on any atom is 0.310 e. The SMILES string of the molecule is Cc1ccc([N+](=O)[O-])c(OCC(=O)Nc2ccc(Br)cc2)c1. The van der Waals surface area contributed by atoms with Gasteiger partial charge in [0.05, 0.1) is 4.92 Å². The van der Waals surface area contributed by atoms with Crippen molar-refractivity contribution >= 4 is 33.2 Å². The maximum atomic E-state index is 11.8. The van der Waals surface area contributed by atoms with Crippen LogP contribution in [-0.4, -0.2) is 17.4 Å². The highest BCUT2D eigenvalue weighted by atomic mass is 79.9. The van der Waals surface area contributed by atoms with Crippen molar-refractivity contribution in [1.82, 2.24) is 0 Å². The number of nitrogens with one attached hydrogen (secondary N) is 1. The van der Waals surface area contributed by atoms with E-state index in [0.29, 0.717) is 5.69 Å². The number of anilines is 1. The smallest absolute Gasteiger partial charge is 0.310 e. The molecule has 22 heavy (non-hydrogen) atoms. The van der Waals surface area contributed by atoms with E-state index >= 15 is 0 Å². The van der Waals surface area contributed by atoms with Gasteiger partial charge in [-0.3, -0.25) is 14.9 Å². The molecule has 0 saturated heterocycles. The number of halogens is 1. The lowest BCUT2D eigenvalue weighted by molar-refractivity contribution is -0.385. The third-order valence-corrected chi connectivity index (χ3v) is 3.33. The Labute approximate surface area is 135 Å². The predicted molar refractivity (Wildman–Crippen MR) is 86.1 cm³/mol. The highest BCUT2D eigenvalue weighted by Crippen LogP contribution is 2.27. The summed E-state index contributed by atoms with van der Waals surface area (Å²) in [7, 11) is 0. The van der Waals surface area contributed by atoms with Crippen LogP contribution >= 0.6 is 15.9 Å². The summed E-state index contributed by atoms with van der Waals surface area (Å²) in [4.78, 5) is 22.2. The molecule has 0 spiro atoms. The summed E-state index contributed by atoms with van der Waals surface area (Å²) in [6, 6.07) is 11.6. The number of benzene rings is 2. The van der Waals surface area contributed by atoms with Crippen LogP contribution in [-0.2, 0) is 4.79 Å². The molecular formula is C15H13BrN2O4. The van der Waals surface area contributed by atoms with Crippen LogP contribution in [0.4, 0.5) is 11.4 Å². The van der Waals surface area contributed by atoms with E-state index in [-0.39, 0.29) is 18.0 Å². The number of carbonyl (C=O) groups excluding carboxylic acids is 1. The van der Waals surface area contributed by atoms with Crippen molar-refractivity contribution in [3.63, 3.8) is 0 Å². The largest absolute Gasteiger partial charge is 0.477 e. The molecule has 2 aromatic rings. The monoisotopic (exact) mass is 364 g/mol. The highest BCUT2D eigenvalue weighted by molar-refractivity contribution is 9.10. The fourth-order valence-electron chi connectivity index (χ4n) is 1.76. The van der Waals surface area contributed by atoms with Crippen molar-refractivity contribution in [2.75, 3.05) is 11.9 Å². The lowest BCUT2D eigenvalue weighted by atomic mass is 10.2. The maximum absolute atomic E-state index is 11.8. The van der Waals surface area contributed by atoms with Gasteiger partial charge in [0.1, 0.15) is 0 Å². The van der Waals surface area contributed by atoms with Gasteiger partial charge in [0.15, 0.2) is 12.4 Å².